The summed E-state index contributed by atoms with van der Waals surface area (Å²) in [5.41, 5.74) is 12.5. The van der Waals surface area contributed by atoms with Gasteiger partial charge in [-0.1, -0.05) is 61.9 Å². The summed E-state index contributed by atoms with van der Waals surface area (Å²) in [6.07, 6.45) is 0. The molecule has 7 heteroatoms. The number of benzene rings is 3. The van der Waals surface area contributed by atoms with Gasteiger partial charge in [0, 0.05) is 55.6 Å². The highest BCUT2D eigenvalue weighted by Gasteiger charge is 2.35. The van der Waals surface area contributed by atoms with Crippen LogP contribution >= 0.6 is 57.1 Å². The van der Waals surface area contributed by atoms with Crippen LogP contribution in [0.3, 0.4) is 0 Å². The molecule has 1 aliphatic carbocycles. The zero-order valence-corrected chi connectivity index (χ0v) is 29.8. The average molecular weight is 685 g/mol. The molecular weight excluding hydrogens is 657 g/mol. The summed E-state index contributed by atoms with van der Waals surface area (Å²) in [4.78, 5) is 10.3. The van der Waals surface area contributed by atoms with E-state index in [1.54, 1.807) is 0 Å². The number of hydrogen-bond acceptors (Lipinski definition) is 7. The minimum absolute atomic E-state index is 0.00411. The van der Waals surface area contributed by atoms with E-state index in [4.69, 9.17) is 8.75 Å². The monoisotopic (exact) mass is 684 g/mol. The molecule has 2 nitrogen and oxygen atoms in total. The van der Waals surface area contributed by atoms with Crippen molar-refractivity contribution in [1.29, 1.82) is 0 Å². The van der Waals surface area contributed by atoms with E-state index >= 15 is 0 Å². The van der Waals surface area contributed by atoms with Crippen molar-refractivity contribution in [2.75, 3.05) is 0 Å². The van der Waals surface area contributed by atoms with Gasteiger partial charge in [-0.3, -0.25) is 0 Å². The van der Waals surface area contributed by atoms with Crippen LogP contribution in [-0.4, -0.2) is 8.75 Å². The van der Waals surface area contributed by atoms with Crippen molar-refractivity contribution in [3.63, 3.8) is 0 Å². The molecule has 0 unspecified atom stereocenters. The SMILES string of the molecule is Cc1ccc2c(c1)C(C)(C)c1cc(-c3ccc(-c4ccc(-c5ccc(-c6ccc(-c7ccc(C)s7)s6)c6nsnc56)s4)s3)ccc1-2. The van der Waals surface area contributed by atoms with Crippen LogP contribution in [-0.2, 0) is 5.41 Å². The molecular formula is C39H28N2S5. The summed E-state index contributed by atoms with van der Waals surface area (Å²) in [5.74, 6) is 0. The summed E-state index contributed by atoms with van der Waals surface area (Å²) < 4.78 is 9.55. The van der Waals surface area contributed by atoms with Crippen molar-refractivity contribution in [2.24, 2.45) is 0 Å². The van der Waals surface area contributed by atoms with Crippen LogP contribution in [0.15, 0.2) is 97.1 Å². The maximum absolute atomic E-state index is 4.78. The zero-order chi connectivity index (χ0) is 31.2. The van der Waals surface area contributed by atoms with E-state index in [-0.39, 0.29) is 5.41 Å². The molecule has 9 rings (SSSR count). The lowest BCUT2D eigenvalue weighted by atomic mass is 9.81. The van der Waals surface area contributed by atoms with Gasteiger partial charge in [-0.05, 0) is 96.3 Å². The Kier molecular flexibility index (Phi) is 6.60. The highest BCUT2D eigenvalue weighted by atomic mass is 32.1. The van der Waals surface area contributed by atoms with Gasteiger partial charge in [0.2, 0.25) is 0 Å². The van der Waals surface area contributed by atoms with E-state index in [1.807, 2.05) is 45.3 Å². The summed E-state index contributed by atoms with van der Waals surface area (Å²) >= 11 is 8.68. The summed E-state index contributed by atoms with van der Waals surface area (Å²) in [5, 5.41) is 0. The van der Waals surface area contributed by atoms with Gasteiger partial charge in [0.05, 0.1) is 11.7 Å². The molecule has 0 aliphatic heterocycles. The van der Waals surface area contributed by atoms with Crippen LogP contribution in [0.25, 0.3) is 73.0 Å². The maximum atomic E-state index is 4.78. The van der Waals surface area contributed by atoms with E-state index in [9.17, 15) is 0 Å². The van der Waals surface area contributed by atoms with E-state index in [2.05, 4.69) is 125 Å². The Morgan fingerprint density at radius 2 is 0.935 bits per heavy atom. The largest absolute Gasteiger partial charge is 0.172 e. The molecule has 0 radical (unpaired) electrons. The van der Waals surface area contributed by atoms with E-state index in [0.717, 1.165) is 22.2 Å². The minimum atomic E-state index is -0.00411. The van der Waals surface area contributed by atoms with Crippen molar-refractivity contribution < 1.29 is 0 Å². The molecule has 1 aliphatic rings. The molecule has 5 heterocycles. The maximum Gasteiger partial charge on any atom is 0.114 e. The Labute approximate surface area is 288 Å². The van der Waals surface area contributed by atoms with Gasteiger partial charge in [0.15, 0.2) is 0 Å². The van der Waals surface area contributed by atoms with E-state index in [0.29, 0.717) is 0 Å². The van der Waals surface area contributed by atoms with Crippen LogP contribution in [0.5, 0.6) is 0 Å². The smallest absolute Gasteiger partial charge is 0.114 e. The molecule has 224 valence electrons. The fourth-order valence-electron chi connectivity index (χ4n) is 6.69. The Morgan fingerprint density at radius 3 is 1.54 bits per heavy atom. The Hall–Kier alpha value is -3.72. The van der Waals surface area contributed by atoms with Crippen molar-refractivity contribution >= 4 is 68.1 Å². The van der Waals surface area contributed by atoms with Crippen molar-refractivity contribution in [3.05, 3.63) is 119 Å². The minimum Gasteiger partial charge on any atom is -0.172 e. The van der Waals surface area contributed by atoms with Crippen molar-refractivity contribution in [2.45, 2.75) is 33.1 Å². The molecule has 0 saturated carbocycles. The lowest BCUT2D eigenvalue weighted by molar-refractivity contribution is 0.660. The first kappa shape index (κ1) is 28.5. The number of thiophene rings is 4. The first-order valence-corrected chi connectivity index (χ1v) is 19.2. The van der Waals surface area contributed by atoms with Crippen LogP contribution in [0.1, 0.15) is 35.4 Å². The predicted octanol–water partition coefficient (Wildman–Crippen LogP) is 13.2. The van der Waals surface area contributed by atoms with Crippen LogP contribution in [0.4, 0.5) is 0 Å². The average Bonchev–Trinajstić information content (AvgIpc) is 3.89. The summed E-state index contributed by atoms with van der Waals surface area (Å²) in [6, 6.07) is 36.3. The van der Waals surface area contributed by atoms with Crippen molar-refractivity contribution in [3.8, 4) is 62.0 Å². The molecule has 0 spiro atoms. The van der Waals surface area contributed by atoms with E-state index in [1.165, 1.54) is 84.1 Å². The molecule has 0 bridgehead atoms. The van der Waals surface area contributed by atoms with Crippen LogP contribution in [0, 0.1) is 13.8 Å². The highest BCUT2D eigenvalue weighted by molar-refractivity contribution is 7.25. The Bertz CT molecular complexity index is 2440. The predicted molar refractivity (Wildman–Crippen MR) is 203 cm³/mol. The van der Waals surface area contributed by atoms with Gasteiger partial charge in [0.25, 0.3) is 0 Å². The normalized spacial score (nSPS) is 13.4. The third-order valence-corrected chi connectivity index (χ3v) is 14.4. The van der Waals surface area contributed by atoms with Crippen LogP contribution < -0.4 is 0 Å². The van der Waals surface area contributed by atoms with Gasteiger partial charge < -0.3 is 0 Å². The summed E-state index contributed by atoms with van der Waals surface area (Å²) in [7, 11) is 0. The zero-order valence-electron chi connectivity index (χ0n) is 25.7. The Morgan fingerprint density at radius 1 is 0.457 bits per heavy atom. The summed E-state index contributed by atoms with van der Waals surface area (Å²) in [6.45, 7) is 9.07. The molecule has 3 aromatic carbocycles. The fraction of sp³-hybridized carbons (Fsp3) is 0.128. The molecule has 46 heavy (non-hydrogen) atoms. The second-order valence-electron chi connectivity index (χ2n) is 12.5. The van der Waals surface area contributed by atoms with Gasteiger partial charge in [-0.25, -0.2) is 0 Å². The third kappa shape index (κ3) is 4.52. The number of aromatic nitrogens is 2. The molecule has 0 saturated heterocycles. The fourth-order valence-corrected chi connectivity index (χ4v) is 11.4. The van der Waals surface area contributed by atoms with Gasteiger partial charge in [0.1, 0.15) is 11.0 Å². The van der Waals surface area contributed by atoms with Crippen molar-refractivity contribution in [1.82, 2.24) is 8.75 Å². The topological polar surface area (TPSA) is 25.8 Å². The Balaban J connectivity index is 1.02. The highest BCUT2D eigenvalue weighted by Crippen LogP contribution is 2.51. The molecule has 8 aromatic rings. The van der Waals surface area contributed by atoms with E-state index < -0.39 is 0 Å². The second kappa shape index (κ2) is 10.7. The second-order valence-corrected chi connectivity index (χ2v) is 17.5. The first-order chi connectivity index (χ1) is 22.3. The third-order valence-electron chi connectivity index (χ3n) is 9.11. The molecule has 0 amide bonds. The standard InChI is InChI=1S/C39H28N2S5/c1-21-5-8-24-25-9-7-23(20-29(25)39(3,4)28(24)19-21)30-13-16-35(43-30)36-18-15-32(45-36)27-11-10-26(37-38(27)41-46-40-37)31-14-17-34(44-31)33-12-6-22(2)42-33/h5-20H,1-4H3. The number of fused-ring (bicyclic) bond motifs is 4. The molecule has 0 atom stereocenters. The van der Waals surface area contributed by atoms with Gasteiger partial charge in [-0.15, -0.1) is 45.3 Å². The van der Waals surface area contributed by atoms with Gasteiger partial charge in [-0.2, -0.15) is 8.75 Å². The first-order valence-electron chi connectivity index (χ1n) is 15.2. The number of rotatable bonds is 5. The molecule has 0 N–H and O–H groups in total. The molecule has 0 fully saturated rings. The quantitative estimate of drug-likeness (QED) is 0.180. The lowest BCUT2D eigenvalue weighted by Gasteiger charge is -2.22. The lowest BCUT2D eigenvalue weighted by Crippen LogP contribution is -2.15. The van der Waals surface area contributed by atoms with Gasteiger partial charge >= 0.3 is 0 Å². The van der Waals surface area contributed by atoms with Crippen LogP contribution in [0.2, 0.25) is 0 Å². The number of hydrogen-bond donors (Lipinski definition) is 0. The number of aryl methyl sites for hydroxylation is 2. The molecule has 5 aromatic heterocycles. The number of nitrogens with zero attached hydrogens (tertiary/aromatic N) is 2.